The molecule has 1 aliphatic rings. The van der Waals surface area contributed by atoms with Crippen LogP contribution in [0, 0.1) is 5.82 Å². The predicted molar refractivity (Wildman–Crippen MR) is 87.5 cm³/mol. The van der Waals surface area contributed by atoms with Crippen molar-refractivity contribution in [2.45, 2.75) is 18.9 Å². The number of hydrogen-bond acceptors (Lipinski definition) is 5. The average Bonchev–Trinajstić information content (AvgIpc) is 2.58. The molecule has 8 heteroatoms. The van der Waals surface area contributed by atoms with Gasteiger partial charge in [-0.15, -0.1) is 0 Å². The van der Waals surface area contributed by atoms with Crippen LogP contribution in [0.2, 0.25) is 0 Å². The van der Waals surface area contributed by atoms with Crippen LogP contribution in [0.5, 0.6) is 5.75 Å². The number of hydrogen-bond donors (Lipinski definition) is 3. The van der Waals surface area contributed by atoms with E-state index in [9.17, 15) is 9.18 Å². The van der Waals surface area contributed by atoms with Gasteiger partial charge in [-0.05, 0) is 37.1 Å². The Labute approximate surface area is 138 Å². The Bertz CT molecular complexity index is 685. The quantitative estimate of drug-likeness (QED) is 0.801. The van der Waals surface area contributed by atoms with Crippen LogP contribution in [0.4, 0.5) is 20.8 Å². The van der Waals surface area contributed by atoms with Crippen molar-refractivity contribution < 1.29 is 14.3 Å². The lowest BCUT2D eigenvalue weighted by Crippen LogP contribution is -2.46. The predicted octanol–water partition coefficient (Wildman–Crippen LogP) is 2.11. The summed E-state index contributed by atoms with van der Waals surface area (Å²) < 4.78 is 12.9. The molecule has 0 radical (unpaired) electrons. The van der Waals surface area contributed by atoms with Crippen molar-refractivity contribution in [3.8, 4) is 5.75 Å². The van der Waals surface area contributed by atoms with E-state index in [-0.39, 0.29) is 23.6 Å². The molecule has 0 saturated carbocycles. The maximum atomic E-state index is 12.9. The van der Waals surface area contributed by atoms with Gasteiger partial charge in [0.2, 0.25) is 0 Å². The summed E-state index contributed by atoms with van der Waals surface area (Å²) in [6, 6.07) is 5.76. The van der Waals surface area contributed by atoms with E-state index < -0.39 is 0 Å². The molecule has 7 nitrogen and oxygen atoms in total. The minimum Gasteiger partial charge on any atom is -0.506 e. The van der Waals surface area contributed by atoms with Crippen molar-refractivity contribution in [3.63, 3.8) is 0 Å². The van der Waals surface area contributed by atoms with E-state index in [0.29, 0.717) is 5.82 Å². The van der Waals surface area contributed by atoms with Crippen molar-refractivity contribution in [1.29, 1.82) is 0 Å². The Morgan fingerprint density at radius 3 is 2.58 bits per heavy atom. The normalized spacial score (nSPS) is 15.1. The summed E-state index contributed by atoms with van der Waals surface area (Å²) in [6.07, 6.45) is 4.02. The molecule has 2 aromatic rings. The van der Waals surface area contributed by atoms with Gasteiger partial charge in [-0.3, -0.25) is 5.32 Å². The molecule has 126 valence electrons. The van der Waals surface area contributed by atoms with Crippen LogP contribution in [0.15, 0.2) is 36.7 Å². The highest BCUT2D eigenvalue weighted by Gasteiger charge is 2.21. The molecule has 1 aliphatic heterocycles. The second-order valence-electron chi connectivity index (χ2n) is 5.60. The molecule has 1 saturated heterocycles. The summed E-state index contributed by atoms with van der Waals surface area (Å²) in [5.74, 6) is 0.809. The lowest BCUT2D eigenvalue weighted by molar-refractivity contribution is 0.246. The molecule has 0 spiro atoms. The first-order chi connectivity index (χ1) is 11.6. The van der Waals surface area contributed by atoms with Crippen LogP contribution < -0.4 is 15.5 Å². The van der Waals surface area contributed by atoms with E-state index in [0.717, 1.165) is 31.7 Å². The Morgan fingerprint density at radius 2 is 1.96 bits per heavy atom. The Kier molecular flexibility index (Phi) is 4.74. The number of urea groups is 1. The monoisotopic (exact) mass is 331 g/mol. The zero-order chi connectivity index (χ0) is 16.9. The molecule has 0 unspecified atom stereocenters. The van der Waals surface area contributed by atoms with E-state index in [1.54, 1.807) is 6.07 Å². The number of aromatic hydroxyl groups is 1. The summed E-state index contributed by atoms with van der Waals surface area (Å²) in [6.45, 7) is 1.47. The van der Waals surface area contributed by atoms with Gasteiger partial charge in [0.15, 0.2) is 0 Å². The number of amides is 2. The number of carbonyl (C=O) groups is 1. The fourth-order valence-corrected chi connectivity index (χ4v) is 2.61. The van der Waals surface area contributed by atoms with Crippen LogP contribution in [0.3, 0.4) is 0 Å². The third-order valence-corrected chi connectivity index (χ3v) is 3.86. The van der Waals surface area contributed by atoms with Crippen LogP contribution >= 0.6 is 0 Å². The molecule has 1 fully saturated rings. The van der Waals surface area contributed by atoms with Gasteiger partial charge in [-0.2, -0.15) is 0 Å². The largest absolute Gasteiger partial charge is 0.506 e. The van der Waals surface area contributed by atoms with Gasteiger partial charge < -0.3 is 15.3 Å². The highest BCUT2D eigenvalue weighted by molar-refractivity contribution is 5.88. The number of nitrogens with one attached hydrogen (secondary N) is 2. The summed E-state index contributed by atoms with van der Waals surface area (Å²) in [5, 5.41) is 14.7. The Hall–Kier alpha value is -2.90. The number of aromatic nitrogens is 2. The molecule has 2 aromatic heterocycles. The molecule has 24 heavy (non-hydrogen) atoms. The van der Waals surface area contributed by atoms with Crippen LogP contribution in [-0.4, -0.2) is 40.2 Å². The first-order valence-corrected chi connectivity index (χ1v) is 7.69. The SMILES string of the molecule is O=C(Nc1ccc(O)cn1)NC1CCN(c2ccc(F)cn2)CC1. The zero-order valence-corrected chi connectivity index (χ0v) is 12.9. The highest BCUT2D eigenvalue weighted by atomic mass is 19.1. The molecule has 2 amide bonds. The number of rotatable bonds is 3. The van der Waals surface area contributed by atoms with Crippen molar-refractivity contribution in [1.82, 2.24) is 15.3 Å². The zero-order valence-electron chi connectivity index (χ0n) is 12.9. The summed E-state index contributed by atoms with van der Waals surface area (Å²) in [5.41, 5.74) is 0. The molecule has 3 rings (SSSR count). The minimum absolute atomic E-state index is 0.0442. The number of anilines is 2. The first kappa shape index (κ1) is 16.0. The Morgan fingerprint density at radius 1 is 1.17 bits per heavy atom. The highest BCUT2D eigenvalue weighted by Crippen LogP contribution is 2.18. The smallest absolute Gasteiger partial charge is 0.320 e. The minimum atomic E-state index is -0.352. The van der Waals surface area contributed by atoms with E-state index in [4.69, 9.17) is 5.11 Å². The maximum Gasteiger partial charge on any atom is 0.320 e. The molecule has 0 bridgehead atoms. The van der Waals surface area contributed by atoms with Gasteiger partial charge in [0.05, 0.1) is 12.4 Å². The number of carbonyl (C=O) groups excluding carboxylic acids is 1. The number of piperidine rings is 1. The second kappa shape index (κ2) is 7.12. The lowest BCUT2D eigenvalue weighted by Gasteiger charge is -2.33. The molecule has 0 atom stereocenters. The molecule has 3 N–H and O–H groups in total. The topological polar surface area (TPSA) is 90.4 Å². The molecule has 3 heterocycles. The first-order valence-electron chi connectivity index (χ1n) is 7.69. The number of pyridine rings is 2. The van der Waals surface area contributed by atoms with Gasteiger partial charge >= 0.3 is 6.03 Å². The van der Waals surface area contributed by atoms with Gasteiger partial charge in [-0.25, -0.2) is 19.2 Å². The lowest BCUT2D eigenvalue weighted by atomic mass is 10.1. The van der Waals surface area contributed by atoms with Crippen molar-refractivity contribution in [2.24, 2.45) is 0 Å². The van der Waals surface area contributed by atoms with Crippen molar-refractivity contribution in [2.75, 3.05) is 23.3 Å². The number of halogens is 1. The van der Waals surface area contributed by atoms with E-state index in [2.05, 4.69) is 25.5 Å². The van der Waals surface area contributed by atoms with Gasteiger partial charge in [0.1, 0.15) is 23.2 Å². The summed E-state index contributed by atoms with van der Waals surface area (Å²) >= 11 is 0. The summed E-state index contributed by atoms with van der Waals surface area (Å²) in [4.78, 5) is 22.0. The summed E-state index contributed by atoms with van der Waals surface area (Å²) in [7, 11) is 0. The molecular weight excluding hydrogens is 313 g/mol. The standard InChI is InChI=1S/C16H18FN5O2/c17-11-1-4-15(19-9-11)22-7-5-12(6-8-22)20-16(24)21-14-3-2-13(23)10-18-14/h1-4,9-10,12,23H,5-8H2,(H2,18,20,21,24). The van der Waals surface area contributed by atoms with Crippen LogP contribution in [-0.2, 0) is 0 Å². The van der Waals surface area contributed by atoms with E-state index in [1.165, 1.54) is 30.6 Å². The van der Waals surface area contributed by atoms with Gasteiger partial charge in [0.25, 0.3) is 0 Å². The molecule has 0 aromatic carbocycles. The fourth-order valence-electron chi connectivity index (χ4n) is 2.61. The van der Waals surface area contributed by atoms with E-state index in [1.807, 2.05) is 0 Å². The maximum absolute atomic E-state index is 12.9. The average molecular weight is 331 g/mol. The Balaban J connectivity index is 1.47. The molecule has 0 aliphatic carbocycles. The van der Waals surface area contributed by atoms with Crippen LogP contribution in [0.1, 0.15) is 12.8 Å². The second-order valence-corrected chi connectivity index (χ2v) is 5.60. The molecular formula is C16H18FN5O2. The van der Waals surface area contributed by atoms with Crippen molar-refractivity contribution >= 4 is 17.7 Å². The third-order valence-electron chi connectivity index (χ3n) is 3.86. The third kappa shape index (κ3) is 4.09. The fraction of sp³-hybridized carbons (Fsp3) is 0.312. The number of nitrogens with zero attached hydrogens (tertiary/aromatic N) is 3. The van der Waals surface area contributed by atoms with Crippen LogP contribution in [0.25, 0.3) is 0 Å². The van der Waals surface area contributed by atoms with Crippen molar-refractivity contribution in [3.05, 3.63) is 42.5 Å². The van der Waals surface area contributed by atoms with E-state index >= 15 is 0 Å². The van der Waals surface area contributed by atoms with Gasteiger partial charge in [0, 0.05) is 19.1 Å². The van der Waals surface area contributed by atoms with Gasteiger partial charge in [-0.1, -0.05) is 0 Å².